The molecule has 1 saturated carbocycles. The van der Waals surface area contributed by atoms with Gasteiger partial charge in [-0.25, -0.2) is 4.99 Å². The Balaban J connectivity index is 2.48. The normalized spacial score (nSPS) is 16.7. The fraction of sp³-hybridized carbons (Fsp3) is 0.765. The van der Waals surface area contributed by atoms with Gasteiger partial charge in [-0.15, -0.1) is 0 Å². The van der Waals surface area contributed by atoms with E-state index in [-0.39, 0.29) is 30.2 Å². The summed E-state index contributed by atoms with van der Waals surface area (Å²) in [6.07, 6.45) is 5.72. The van der Waals surface area contributed by atoms with Crippen LogP contribution in [0.1, 0.15) is 45.4 Å². The maximum atomic E-state index is 12.5. The van der Waals surface area contributed by atoms with E-state index in [1.807, 2.05) is 0 Å². The molecule has 0 radical (unpaired) electrons. The molecule has 0 aromatic carbocycles. The third kappa shape index (κ3) is 8.98. The molecule has 0 aliphatic heterocycles. The van der Waals surface area contributed by atoms with Gasteiger partial charge in [0.15, 0.2) is 5.96 Å². The topological polar surface area (TPSA) is 152 Å². The molecular weight excluding hydrogens is 368 g/mol. The summed E-state index contributed by atoms with van der Waals surface area (Å²) >= 11 is 4.07. The van der Waals surface area contributed by atoms with Gasteiger partial charge < -0.3 is 27.4 Å². The summed E-state index contributed by atoms with van der Waals surface area (Å²) < 4.78 is 0. The summed E-state index contributed by atoms with van der Waals surface area (Å²) in [5.41, 5.74) is 10.9. The molecule has 1 aliphatic carbocycles. The van der Waals surface area contributed by atoms with Crippen LogP contribution in [0.2, 0.25) is 0 Å². The minimum atomic E-state index is -0.693. The number of aliphatic imine (C=N–C) groups is 1. The van der Waals surface area contributed by atoms with E-state index in [1.165, 1.54) is 0 Å². The van der Waals surface area contributed by atoms with Gasteiger partial charge in [-0.2, -0.15) is 12.6 Å². The van der Waals surface area contributed by atoms with E-state index in [0.29, 0.717) is 12.3 Å². The zero-order chi connectivity index (χ0) is 20.2. The fourth-order valence-corrected chi connectivity index (χ4v) is 3.22. The lowest BCUT2D eigenvalue weighted by molar-refractivity contribution is -0.130. The second kappa shape index (κ2) is 12.4. The summed E-state index contributed by atoms with van der Waals surface area (Å²) in [7, 11) is 0. The number of carbonyl (C=O) groups is 3. The highest BCUT2D eigenvalue weighted by Crippen LogP contribution is 2.28. The first-order valence-electron chi connectivity index (χ1n) is 9.39. The molecule has 2 atom stereocenters. The quantitative estimate of drug-likeness (QED) is 0.124. The van der Waals surface area contributed by atoms with Crippen LogP contribution in [0, 0.1) is 5.92 Å². The van der Waals surface area contributed by atoms with Crippen LogP contribution in [0.5, 0.6) is 0 Å². The summed E-state index contributed by atoms with van der Waals surface area (Å²) in [6.45, 7) is 1.84. The van der Waals surface area contributed by atoms with E-state index >= 15 is 0 Å². The number of guanidine groups is 1. The van der Waals surface area contributed by atoms with Gasteiger partial charge in [0.25, 0.3) is 0 Å². The number of nitrogens with two attached hydrogens (primary N) is 2. The molecule has 154 valence electrons. The first-order valence-corrected chi connectivity index (χ1v) is 10.0. The summed E-state index contributed by atoms with van der Waals surface area (Å²) in [5.74, 6) is -0.511. The van der Waals surface area contributed by atoms with E-state index < -0.39 is 18.0 Å². The molecule has 0 saturated heterocycles. The predicted octanol–water partition coefficient (Wildman–Crippen LogP) is -0.734. The molecule has 0 unspecified atom stereocenters. The molecule has 7 N–H and O–H groups in total. The van der Waals surface area contributed by atoms with E-state index in [2.05, 4.69) is 33.6 Å². The van der Waals surface area contributed by atoms with Crippen LogP contribution < -0.4 is 27.4 Å². The average molecular weight is 401 g/mol. The molecule has 10 heteroatoms. The highest BCUT2D eigenvalue weighted by Gasteiger charge is 2.29. The summed E-state index contributed by atoms with van der Waals surface area (Å²) in [6, 6.07) is -1.38. The van der Waals surface area contributed by atoms with Crippen LogP contribution in [-0.2, 0) is 14.4 Å². The Morgan fingerprint density at radius 2 is 1.78 bits per heavy atom. The van der Waals surface area contributed by atoms with E-state index in [1.54, 1.807) is 6.92 Å². The maximum absolute atomic E-state index is 12.5. The van der Waals surface area contributed by atoms with Crippen molar-refractivity contribution < 1.29 is 14.4 Å². The van der Waals surface area contributed by atoms with Crippen LogP contribution in [0.3, 0.4) is 0 Å². The number of thiol groups is 1. The van der Waals surface area contributed by atoms with Crippen molar-refractivity contribution in [2.24, 2.45) is 22.4 Å². The Labute approximate surface area is 165 Å². The Morgan fingerprint density at radius 3 is 2.37 bits per heavy atom. The van der Waals surface area contributed by atoms with Crippen LogP contribution >= 0.6 is 12.6 Å². The Hall–Kier alpha value is -1.97. The molecule has 9 nitrogen and oxygen atoms in total. The molecule has 0 heterocycles. The second-order valence-electron chi connectivity index (χ2n) is 6.77. The van der Waals surface area contributed by atoms with Gasteiger partial charge in [0.1, 0.15) is 12.1 Å². The molecule has 1 aliphatic rings. The average Bonchev–Trinajstić information content (AvgIpc) is 2.64. The Morgan fingerprint density at radius 1 is 1.11 bits per heavy atom. The third-order valence-electron chi connectivity index (χ3n) is 4.48. The van der Waals surface area contributed by atoms with Crippen molar-refractivity contribution in [3.05, 3.63) is 0 Å². The highest BCUT2D eigenvalue weighted by atomic mass is 32.1. The highest BCUT2D eigenvalue weighted by molar-refractivity contribution is 7.80. The SMILES string of the molecule is C[C@H](NC(=O)CNC(=O)[C@@H](N=C(N)N)C1CCCCC1)C(=O)NCCCS. The van der Waals surface area contributed by atoms with E-state index in [9.17, 15) is 14.4 Å². The molecule has 1 rings (SSSR count). The lowest BCUT2D eigenvalue weighted by Gasteiger charge is -2.27. The van der Waals surface area contributed by atoms with Crippen LogP contribution in [-0.4, -0.2) is 54.6 Å². The van der Waals surface area contributed by atoms with Gasteiger partial charge in [-0.1, -0.05) is 19.3 Å². The standard InChI is InChI=1S/C17H32N6O3S/c1-11(15(25)20-8-5-9-27)22-13(24)10-21-16(26)14(23-17(18)19)12-6-3-2-4-7-12/h11-12,14,27H,2-10H2,1H3,(H,20,25)(H,21,26)(H,22,24)(H4,18,19,23)/t11-,14-/m0/s1. The molecule has 0 aromatic rings. The molecule has 0 spiro atoms. The zero-order valence-electron chi connectivity index (χ0n) is 15.9. The van der Waals surface area contributed by atoms with Gasteiger partial charge in [0.05, 0.1) is 6.54 Å². The summed E-state index contributed by atoms with van der Waals surface area (Å²) in [5, 5.41) is 7.82. The monoisotopic (exact) mass is 400 g/mol. The van der Waals surface area contributed by atoms with Gasteiger partial charge in [-0.3, -0.25) is 14.4 Å². The second-order valence-corrected chi connectivity index (χ2v) is 7.22. The zero-order valence-corrected chi connectivity index (χ0v) is 16.8. The van der Waals surface area contributed by atoms with Crippen molar-refractivity contribution in [3.8, 4) is 0 Å². The minimum Gasteiger partial charge on any atom is -0.370 e. The van der Waals surface area contributed by atoms with Crippen molar-refractivity contribution in [1.29, 1.82) is 0 Å². The van der Waals surface area contributed by atoms with Crippen LogP contribution in [0.4, 0.5) is 0 Å². The van der Waals surface area contributed by atoms with Crippen molar-refractivity contribution in [2.75, 3.05) is 18.8 Å². The first kappa shape index (κ1) is 23.1. The van der Waals surface area contributed by atoms with Gasteiger partial charge in [-0.05, 0) is 37.9 Å². The molecular formula is C17H32N6O3S. The fourth-order valence-electron chi connectivity index (χ4n) is 3.06. The number of rotatable bonds is 10. The number of nitrogens with one attached hydrogen (secondary N) is 3. The largest absolute Gasteiger partial charge is 0.370 e. The summed E-state index contributed by atoms with van der Waals surface area (Å²) in [4.78, 5) is 40.4. The first-order chi connectivity index (χ1) is 12.8. The molecule has 3 amide bonds. The van der Waals surface area contributed by atoms with Gasteiger partial charge in [0.2, 0.25) is 17.7 Å². The van der Waals surface area contributed by atoms with Crippen molar-refractivity contribution in [3.63, 3.8) is 0 Å². The van der Waals surface area contributed by atoms with E-state index in [0.717, 1.165) is 38.5 Å². The number of hydrogen-bond acceptors (Lipinski definition) is 5. The van der Waals surface area contributed by atoms with Crippen LogP contribution in [0.15, 0.2) is 4.99 Å². The molecule has 0 bridgehead atoms. The van der Waals surface area contributed by atoms with Crippen molar-refractivity contribution >= 4 is 36.3 Å². The number of carbonyl (C=O) groups excluding carboxylic acids is 3. The third-order valence-corrected chi connectivity index (χ3v) is 4.80. The Bertz CT molecular complexity index is 533. The van der Waals surface area contributed by atoms with Gasteiger partial charge in [0, 0.05) is 6.54 Å². The number of nitrogens with zero attached hydrogens (tertiary/aromatic N) is 1. The van der Waals surface area contributed by atoms with Crippen molar-refractivity contribution in [1.82, 2.24) is 16.0 Å². The maximum Gasteiger partial charge on any atom is 0.245 e. The van der Waals surface area contributed by atoms with Crippen molar-refractivity contribution in [2.45, 2.75) is 57.5 Å². The molecule has 27 heavy (non-hydrogen) atoms. The smallest absolute Gasteiger partial charge is 0.245 e. The lowest BCUT2D eigenvalue weighted by Crippen LogP contribution is -2.49. The molecule has 0 aromatic heterocycles. The number of amides is 3. The number of hydrogen-bond donors (Lipinski definition) is 6. The predicted molar refractivity (Wildman–Crippen MR) is 108 cm³/mol. The van der Waals surface area contributed by atoms with Crippen LogP contribution in [0.25, 0.3) is 0 Å². The minimum absolute atomic E-state index is 0.0699. The van der Waals surface area contributed by atoms with Gasteiger partial charge >= 0.3 is 0 Å². The Kier molecular flexibility index (Phi) is 10.6. The molecule has 1 fully saturated rings. The van der Waals surface area contributed by atoms with E-state index in [4.69, 9.17) is 11.5 Å². The lowest BCUT2D eigenvalue weighted by atomic mass is 9.83.